The molecular weight excluding hydrogens is 420 g/mol. The van der Waals surface area contributed by atoms with Crippen molar-refractivity contribution < 1.29 is 4.79 Å². The molecule has 0 atom stereocenters. The van der Waals surface area contributed by atoms with Crippen LogP contribution in [0.5, 0.6) is 0 Å². The van der Waals surface area contributed by atoms with E-state index < -0.39 is 0 Å². The smallest absolute Gasteiger partial charge is 0.257 e. The molecule has 3 N–H and O–H groups in total. The Morgan fingerprint density at radius 3 is 2.69 bits per heavy atom. The van der Waals surface area contributed by atoms with Gasteiger partial charge in [0.1, 0.15) is 16.9 Å². The number of hydrogen-bond donors (Lipinski definition) is 2. The van der Waals surface area contributed by atoms with Crippen molar-refractivity contribution in [3.8, 4) is 0 Å². The molecule has 3 heterocycles. The van der Waals surface area contributed by atoms with Gasteiger partial charge in [-0.1, -0.05) is 48.0 Å². The zero-order chi connectivity index (χ0) is 22.1. The molecule has 0 bridgehead atoms. The van der Waals surface area contributed by atoms with Crippen molar-refractivity contribution in [3.63, 3.8) is 0 Å². The minimum Gasteiger partial charge on any atom is -0.383 e. The highest BCUT2D eigenvalue weighted by molar-refractivity contribution is 7.09. The van der Waals surface area contributed by atoms with Gasteiger partial charge in [0, 0.05) is 4.88 Å². The summed E-state index contributed by atoms with van der Waals surface area (Å²) in [7, 11) is 0. The van der Waals surface area contributed by atoms with E-state index in [0.29, 0.717) is 28.7 Å². The van der Waals surface area contributed by atoms with Gasteiger partial charge in [-0.2, -0.15) is 9.78 Å². The molecule has 5 rings (SSSR count). The van der Waals surface area contributed by atoms with E-state index in [1.54, 1.807) is 17.6 Å². The molecule has 32 heavy (non-hydrogen) atoms. The number of nitrogens with one attached hydrogen (secondary N) is 1. The quantitative estimate of drug-likeness (QED) is 0.397. The maximum Gasteiger partial charge on any atom is 0.257 e. The Labute approximate surface area is 188 Å². The first-order chi connectivity index (χ1) is 15.6. The standard InChI is InChI=1S/C24H20N6OS/c1-15-6-4-7-16(12-15)13-27-30-22(25)20(24(31)26-14-17-8-5-11-32-17)21-23(30)29-19-10-3-2-9-18(19)28-21/h2-13H,14,25H2,1H3,(H,26,31). The Kier molecular flexibility index (Phi) is 5.12. The third-order valence-corrected chi connectivity index (χ3v) is 5.95. The topological polar surface area (TPSA) is 98.2 Å². The number of hydrogen-bond acceptors (Lipinski definition) is 6. The first kappa shape index (κ1) is 19.9. The van der Waals surface area contributed by atoms with Gasteiger partial charge in [-0.15, -0.1) is 11.3 Å². The number of aromatic nitrogens is 3. The molecule has 0 aliphatic carbocycles. The fourth-order valence-electron chi connectivity index (χ4n) is 3.53. The Morgan fingerprint density at radius 1 is 1.12 bits per heavy atom. The Bertz CT molecular complexity index is 1470. The van der Waals surface area contributed by atoms with Crippen LogP contribution in [0.15, 0.2) is 71.1 Å². The van der Waals surface area contributed by atoms with Crippen LogP contribution < -0.4 is 11.1 Å². The SMILES string of the molecule is Cc1cccc(C=Nn2c(N)c(C(=O)NCc3cccs3)c3nc4ccccc4nc32)c1. The van der Waals surface area contributed by atoms with Gasteiger partial charge in [-0.05, 0) is 36.1 Å². The number of rotatable bonds is 5. The molecule has 5 aromatic rings. The molecule has 0 aliphatic rings. The van der Waals surface area contributed by atoms with E-state index in [1.807, 2.05) is 73.0 Å². The molecule has 0 spiro atoms. The first-order valence-corrected chi connectivity index (χ1v) is 11.0. The third kappa shape index (κ3) is 3.72. The Morgan fingerprint density at radius 2 is 1.94 bits per heavy atom. The Balaban J connectivity index is 1.62. The molecule has 8 heteroatoms. The van der Waals surface area contributed by atoms with Crippen molar-refractivity contribution in [2.24, 2.45) is 5.10 Å². The lowest BCUT2D eigenvalue weighted by Gasteiger charge is -2.04. The summed E-state index contributed by atoms with van der Waals surface area (Å²) in [5.41, 5.74) is 11.0. The van der Waals surface area contributed by atoms with Crippen molar-refractivity contribution >= 4 is 51.5 Å². The Hall–Kier alpha value is -4.04. The highest BCUT2D eigenvalue weighted by atomic mass is 32.1. The summed E-state index contributed by atoms with van der Waals surface area (Å²) in [5.74, 6) is -0.113. The summed E-state index contributed by atoms with van der Waals surface area (Å²) in [6.45, 7) is 2.43. The van der Waals surface area contributed by atoms with Crippen molar-refractivity contribution in [1.29, 1.82) is 0 Å². The minimum absolute atomic E-state index is 0.197. The average molecular weight is 441 g/mol. The number of fused-ring (bicyclic) bond motifs is 2. The summed E-state index contributed by atoms with van der Waals surface area (Å²) in [6, 6.07) is 19.4. The van der Waals surface area contributed by atoms with Crippen molar-refractivity contribution in [2.45, 2.75) is 13.5 Å². The van der Waals surface area contributed by atoms with E-state index in [9.17, 15) is 4.79 Å². The number of nitrogens with two attached hydrogens (primary N) is 1. The molecule has 0 unspecified atom stereocenters. The van der Waals surface area contributed by atoms with Crippen molar-refractivity contribution in [2.75, 3.05) is 5.73 Å². The molecule has 0 aliphatic heterocycles. The molecule has 158 valence electrons. The second-order valence-electron chi connectivity index (χ2n) is 7.38. The second kappa shape index (κ2) is 8.24. The van der Waals surface area contributed by atoms with E-state index in [1.165, 1.54) is 4.68 Å². The van der Waals surface area contributed by atoms with E-state index in [4.69, 9.17) is 15.7 Å². The number of amides is 1. The molecule has 0 saturated carbocycles. The zero-order valence-electron chi connectivity index (χ0n) is 17.3. The summed E-state index contributed by atoms with van der Waals surface area (Å²) in [4.78, 5) is 23.6. The van der Waals surface area contributed by atoms with Crippen LogP contribution in [-0.2, 0) is 6.54 Å². The van der Waals surface area contributed by atoms with E-state index in [-0.39, 0.29) is 17.3 Å². The number of nitrogens with zero attached hydrogens (tertiary/aromatic N) is 4. The number of para-hydroxylation sites is 2. The highest BCUT2D eigenvalue weighted by Crippen LogP contribution is 2.28. The normalized spacial score (nSPS) is 11.5. The first-order valence-electron chi connectivity index (χ1n) is 10.1. The van der Waals surface area contributed by atoms with Gasteiger partial charge in [-0.25, -0.2) is 9.97 Å². The monoisotopic (exact) mass is 440 g/mol. The van der Waals surface area contributed by atoms with Gasteiger partial charge < -0.3 is 11.1 Å². The van der Waals surface area contributed by atoms with Gasteiger partial charge in [-0.3, -0.25) is 4.79 Å². The van der Waals surface area contributed by atoms with Crippen LogP contribution >= 0.6 is 11.3 Å². The maximum atomic E-state index is 13.1. The van der Waals surface area contributed by atoms with E-state index in [0.717, 1.165) is 16.0 Å². The van der Waals surface area contributed by atoms with Crippen LogP contribution in [0.2, 0.25) is 0 Å². The lowest BCUT2D eigenvalue weighted by Crippen LogP contribution is -2.23. The molecule has 0 fully saturated rings. The number of aryl methyl sites for hydroxylation is 1. The average Bonchev–Trinajstić information content (AvgIpc) is 3.40. The summed E-state index contributed by atoms with van der Waals surface area (Å²) >= 11 is 1.58. The minimum atomic E-state index is -0.310. The van der Waals surface area contributed by atoms with Gasteiger partial charge in [0.05, 0.1) is 23.8 Å². The fraction of sp³-hybridized carbons (Fsp3) is 0.0833. The molecule has 0 radical (unpaired) electrons. The number of anilines is 1. The fourth-order valence-corrected chi connectivity index (χ4v) is 4.18. The third-order valence-electron chi connectivity index (χ3n) is 5.07. The van der Waals surface area contributed by atoms with Crippen LogP contribution in [0.4, 0.5) is 5.82 Å². The predicted molar refractivity (Wildman–Crippen MR) is 129 cm³/mol. The molecule has 0 saturated heterocycles. The van der Waals surface area contributed by atoms with Gasteiger partial charge in [0.25, 0.3) is 5.91 Å². The van der Waals surface area contributed by atoms with E-state index >= 15 is 0 Å². The number of carbonyl (C=O) groups is 1. The van der Waals surface area contributed by atoms with Crippen LogP contribution in [0.3, 0.4) is 0 Å². The van der Waals surface area contributed by atoms with E-state index in [2.05, 4.69) is 10.4 Å². The molecule has 3 aromatic heterocycles. The van der Waals surface area contributed by atoms with Gasteiger partial charge in [0.2, 0.25) is 0 Å². The number of carbonyl (C=O) groups excluding carboxylic acids is 1. The predicted octanol–water partition coefficient (Wildman–Crippen LogP) is 4.35. The maximum absolute atomic E-state index is 13.1. The highest BCUT2D eigenvalue weighted by Gasteiger charge is 2.24. The van der Waals surface area contributed by atoms with Crippen LogP contribution in [0.25, 0.3) is 22.2 Å². The largest absolute Gasteiger partial charge is 0.383 e. The second-order valence-corrected chi connectivity index (χ2v) is 8.41. The van der Waals surface area contributed by atoms with Crippen LogP contribution in [-0.4, -0.2) is 26.8 Å². The lowest BCUT2D eigenvalue weighted by molar-refractivity contribution is 0.0953. The summed E-state index contributed by atoms with van der Waals surface area (Å²) in [6.07, 6.45) is 1.70. The van der Waals surface area contributed by atoms with Crippen molar-refractivity contribution in [1.82, 2.24) is 20.0 Å². The van der Waals surface area contributed by atoms with Crippen LogP contribution in [0.1, 0.15) is 26.4 Å². The molecule has 2 aromatic carbocycles. The summed E-state index contributed by atoms with van der Waals surface area (Å²) < 4.78 is 1.48. The zero-order valence-corrected chi connectivity index (χ0v) is 18.1. The number of nitrogen functional groups attached to an aromatic ring is 1. The van der Waals surface area contributed by atoms with Gasteiger partial charge in [0.15, 0.2) is 5.65 Å². The molecule has 7 nitrogen and oxygen atoms in total. The lowest BCUT2D eigenvalue weighted by atomic mass is 10.2. The summed E-state index contributed by atoms with van der Waals surface area (Å²) in [5, 5.41) is 9.46. The van der Waals surface area contributed by atoms with Crippen molar-refractivity contribution in [3.05, 3.63) is 87.6 Å². The molecular formula is C24H20N6OS. The number of thiophene rings is 1. The van der Waals surface area contributed by atoms with Crippen LogP contribution in [0, 0.1) is 6.92 Å². The van der Waals surface area contributed by atoms with Gasteiger partial charge >= 0.3 is 0 Å². The number of benzene rings is 2. The molecule has 1 amide bonds.